The fraction of sp³-hybridized carbons (Fsp3) is 0.125. The third-order valence-corrected chi connectivity index (χ3v) is 2.70. The van der Waals surface area contributed by atoms with Crippen LogP contribution in [0.1, 0.15) is 10.4 Å². The van der Waals surface area contributed by atoms with Gasteiger partial charge >= 0.3 is 5.97 Å². The molecule has 0 spiro atoms. The zero-order valence-electron chi connectivity index (χ0n) is 8.88. The Labute approximate surface area is 108 Å². The summed E-state index contributed by atoms with van der Waals surface area (Å²) in [6, 6.07) is 1.95. The molecule has 0 saturated heterocycles. The molecule has 1 aromatic rings. The summed E-state index contributed by atoms with van der Waals surface area (Å²) in [5.74, 6) is -0.848. The van der Waals surface area contributed by atoms with Crippen molar-refractivity contribution in [2.75, 3.05) is 11.8 Å². The van der Waals surface area contributed by atoms with Crippen LogP contribution in [0.3, 0.4) is 0 Å². The van der Waals surface area contributed by atoms with Crippen LogP contribution in [0.15, 0.2) is 12.1 Å². The lowest BCUT2D eigenvalue weighted by Gasteiger charge is -2.06. The summed E-state index contributed by atoms with van der Waals surface area (Å²) >= 11 is 5.64. The standard InChI is InChI=1S/C8H7ClN2O6S/c1-17-8(12)4-2-5(10-18(15)16)7(9)6(3-4)11(13)14/h2-3,18H,1H3,(H,10,15,16). The Morgan fingerprint density at radius 3 is 2.56 bits per heavy atom. The number of rotatable bonds is 4. The van der Waals surface area contributed by atoms with Crippen molar-refractivity contribution in [2.24, 2.45) is 0 Å². The van der Waals surface area contributed by atoms with Crippen molar-refractivity contribution in [2.45, 2.75) is 0 Å². The quantitative estimate of drug-likeness (QED) is 0.370. The molecule has 10 heteroatoms. The molecule has 0 saturated carbocycles. The lowest BCUT2D eigenvalue weighted by molar-refractivity contribution is -0.384. The second-order valence-electron chi connectivity index (χ2n) is 2.97. The number of methoxy groups -OCH3 is 1. The maximum absolute atomic E-state index is 11.3. The summed E-state index contributed by atoms with van der Waals surface area (Å²) in [5.41, 5.74) is -1.05. The number of anilines is 1. The highest BCUT2D eigenvalue weighted by Crippen LogP contribution is 2.33. The van der Waals surface area contributed by atoms with Crippen molar-refractivity contribution in [3.63, 3.8) is 0 Å². The third kappa shape index (κ3) is 3.08. The highest BCUT2D eigenvalue weighted by atomic mass is 35.5. The number of carbonyl (C=O) groups excluding carboxylic acids is 1. The molecule has 0 aliphatic rings. The van der Waals surface area contributed by atoms with Crippen molar-refractivity contribution in [3.8, 4) is 0 Å². The molecule has 0 amide bonds. The Morgan fingerprint density at radius 2 is 2.11 bits per heavy atom. The zero-order chi connectivity index (χ0) is 13.9. The van der Waals surface area contributed by atoms with E-state index in [4.69, 9.17) is 11.6 Å². The Morgan fingerprint density at radius 1 is 1.50 bits per heavy atom. The molecular weight excluding hydrogens is 288 g/mol. The van der Waals surface area contributed by atoms with E-state index in [0.29, 0.717) is 0 Å². The maximum Gasteiger partial charge on any atom is 0.338 e. The number of hydrogen-bond donors (Lipinski definition) is 2. The van der Waals surface area contributed by atoms with Crippen molar-refractivity contribution >= 4 is 39.8 Å². The molecule has 1 rings (SSSR count). The number of nitro groups is 1. The monoisotopic (exact) mass is 294 g/mol. The number of halogens is 1. The van der Waals surface area contributed by atoms with Gasteiger partial charge in [-0.05, 0) is 6.07 Å². The number of benzene rings is 1. The fourth-order valence-corrected chi connectivity index (χ4v) is 1.82. The van der Waals surface area contributed by atoms with Crippen LogP contribution in [0.2, 0.25) is 5.02 Å². The van der Waals surface area contributed by atoms with Crippen molar-refractivity contribution < 1.29 is 22.9 Å². The van der Waals surface area contributed by atoms with Crippen LogP contribution in [-0.2, 0) is 15.6 Å². The number of nitrogens with one attached hydrogen (secondary N) is 1. The van der Waals surface area contributed by atoms with Gasteiger partial charge in [0.05, 0.1) is 23.3 Å². The van der Waals surface area contributed by atoms with Crippen LogP contribution in [0, 0.1) is 10.1 Å². The number of nitrogens with zero attached hydrogens (tertiary/aromatic N) is 1. The zero-order valence-corrected chi connectivity index (χ0v) is 10.5. The van der Waals surface area contributed by atoms with Gasteiger partial charge in [0.25, 0.3) is 5.69 Å². The number of hydrogen-bond acceptors (Lipinski definition) is 6. The van der Waals surface area contributed by atoms with Crippen LogP contribution in [0.5, 0.6) is 0 Å². The predicted molar refractivity (Wildman–Crippen MR) is 63.4 cm³/mol. The third-order valence-electron chi connectivity index (χ3n) is 1.88. The lowest BCUT2D eigenvalue weighted by Crippen LogP contribution is -2.05. The highest BCUT2D eigenvalue weighted by molar-refractivity contribution is 7.73. The van der Waals surface area contributed by atoms with Crippen molar-refractivity contribution in [1.29, 1.82) is 0 Å². The Hall–Kier alpha value is -1.87. The van der Waals surface area contributed by atoms with Gasteiger partial charge in [-0.15, -0.1) is 0 Å². The van der Waals surface area contributed by atoms with Crippen LogP contribution < -0.4 is 4.72 Å². The number of esters is 1. The van der Waals surface area contributed by atoms with E-state index in [1.54, 1.807) is 0 Å². The van der Waals surface area contributed by atoms with Crippen molar-refractivity contribution in [1.82, 2.24) is 0 Å². The van der Waals surface area contributed by atoms with E-state index >= 15 is 0 Å². The molecule has 0 aliphatic carbocycles. The van der Waals surface area contributed by atoms with Gasteiger partial charge in [0.15, 0.2) is 0 Å². The van der Waals surface area contributed by atoms with E-state index in [1.165, 1.54) is 0 Å². The minimum absolute atomic E-state index is 0.187. The topological polar surface area (TPSA) is 116 Å². The number of ether oxygens (including phenoxy) is 1. The largest absolute Gasteiger partial charge is 0.465 e. The average Bonchev–Trinajstić information content (AvgIpc) is 2.29. The minimum Gasteiger partial charge on any atom is -0.465 e. The number of thiol groups is 1. The van der Waals surface area contributed by atoms with E-state index in [1.807, 2.05) is 4.72 Å². The number of nitro benzene ring substituents is 1. The molecule has 8 nitrogen and oxygen atoms in total. The lowest BCUT2D eigenvalue weighted by atomic mass is 10.2. The molecule has 18 heavy (non-hydrogen) atoms. The Balaban J connectivity index is 3.45. The first kappa shape index (κ1) is 14.2. The minimum atomic E-state index is -3.07. The molecule has 0 fully saturated rings. The summed E-state index contributed by atoms with van der Waals surface area (Å²) in [7, 11) is -1.98. The van der Waals surface area contributed by atoms with Gasteiger partial charge in [0, 0.05) is 6.07 Å². The summed E-state index contributed by atoms with van der Waals surface area (Å²) in [4.78, 5) is 21.1. The molecule has 0 aliphatic heterocycles. The van der Waals surface area contributed by atoms with Gasteiger partial charge in [-0.3, -0.25) is 14.8 Å². The second kappa shape index (κ2) is 5.65. The Kier molecular flexibility index (Phi) is 4.45. The van der Waals surface area contributed by atoms with Crippen molar-refractivity contribution in [3.05, 3.63) is 32.8 Å². The first-order valence-electron chi connectivity index (χ1n) is 4.34. The molecule has 1 N–H and O–H groups in total. The van der Waals surface area contributed by atoms with E-state index in [9.17, 15) is 23.3 Å². The van der Waals surface area contributed by atoms with Gasteiger partial charge in [-0.1, -0.05) is 11.6 Å². The van der Waals surface area contributed by atoms with Crippen LogP contribution in [-0.4, -0.2) is 26.4 Å². The molecule has 1 aromatic carbocycles. The molecular formula is C8H7ClN2O6S. The van der Waals surface area contributed by atoms with Crippen LogP contribution >= 0.6 is 11.6 Å². The highest BCUT2D eigenvalue weighted by Gasteiger charge is 2.21. The maximum atomic E-state index is 11.3. The summed E-state index contributed by atoms with van der Waals surface area (Å²) in [5, 5.41) is 10.3. The molecule has 0 unspecified atom stereocenters. The summed E-state index contributed by atoms with van der Waals surface area (Å²) in [6.07, 6.45) is 0. The first-order chi connectivity index (χ1) is 8.36. The van der Waals surface area contributed by atoms with E-state index < -0.39 is 32.5 Å². The molecule has 0 atom stereocenters. The average molecular weight is 295 g/mol. The molecule has 0 heterocycles. The molecule has 0 bridgehead atoms. The predicted octanol–water partition coefficient (Wildman–Crippen LogP) is 0.973. The van der Waals surface area contributed by atoms with Gasteiger partial charge in [0.2, 0.25) is 10.9 Å². The normalized spacial score (nSPS) is 10.2. The smallest absolute Gasteiger partial charge is 0.338 e. The SMILES string of the molecule is COC(=O)c1cc(N[SH](=O)=O)c(Cl)c([N+](=O)[O-])c1. The molecule has 0 aromatic heterocycles. The van der Waals surface area contributed by atoms with Gasteiger partial charge in [-0.2, -0.15) is 0 Å². The molecule has 98 valence electrons. The van der Waals surface area contributed by atoms with E-state index in [2.05, 4.69) is 4.74 Å². The summed E-state index contributed by atoms with van der Waals surface area (Å²) < 4.78 is 27.4. The van der Waals surface area contributed by atoms with Crippen LogP contribution in [0.25, 0.3) is 0 Å². The fourth-order valence-electron chi connectivity index (χ4n) is 1.16. The second-order valence-corrected chi connectivity index (χ2v) is 4.09. The molecule has 0 radical (unpaired) electrons. The van der Waals surface area contributed by atoms with Gasteiger partial charge in [0.1, 0.15) is 5.02 Å². The first-order valence-corrected chi connectivity index (χ1v) is 5.89. The summed E-state index contributed by atoms with van der Waals surface area (Å²) in [6.45, 7) is 0. The van der Waals surface area contributed by atoms with Gasteiger partial charge in [-0.25, -0.2) is 13.2 Å². The van der Waals surface area contributed by atoms with E-state index in [-0.39, 0.29) is 11.3 Å². The van der Waals surface area contributed by atoms with Gasteiger partial charge < -0.3 is 4.74 Å². The Bertz CT molecular complexity index is 577. The number of carbonyl (C=O) groups is 1. The van der Waals surface area contributed by atoms with E-state index in [0.717, 1.165) is 19.2 Å². The van der Waals surface area contributed by atoms with Crippen LogP contribution in [0.4, 0.5) is 11.4 Å².